The van der Waals surface area contributed by atoms with E-state index in [1.165, 1.54) is 6.20 Å². The van der Waals surface area contributed by atoms with Crippen LogP contribution >= 0.6 is 0 Å². The standard InChI is InChI=1S/C24H21F3N2O2/c1-2-31-23(30)19-12-17(15-8-9-15)10-11-21(19)29-18-13-20(24(25,26)27)22(28-14-18)16-6-4-3-5-7-16/h3-7,10-15,29H,2,8-9H2,1H3. The van der Waals surface area contributed by atoms with Crippen LogP contribution in [-0.4, -0.2) is 17.6 Å². The lowest BCUT2D eigenvalue weighted by molar-refractivity contribution is -0.137. The zero-order valence-electron chi connectivity index (χ0n) is 16.9. The van der Waals surface area contributed by atoms with Crippen molar-refractivity contribution in [3.8, 4) is 11.3 Å². The van der Waals surface area contributed by atoms with Crippen LogP contribution in [0.1, 0.15) is 47.2 Å². The molecule has 1 N–H and O–H groups in total. The highest BCUT2D eigenvalue weighted by Crippen LogP contribution is 2.42. The van der Waals surface area contributed by atoms with Crippen molar-refractivity contribution >= 4 is 17.3 Å². The first-order valence-corrected chi connectivity index (χ1v) is 10.1. The van der Waals surface area contributed by atoms with Crippen LogP contribution in [0.25, 0.3) is 11.3 Å². The highest BCUT2D eigenvalue weighted by atomic mass is 19.4. The molecule has 160 valence electrons. The van der Waals surface area contributed by atoms with E-state index in [0.717, 1.165) is 24.5 Å². The van der Waals surface area contributed by atoms with E-state index >= 15 is 0 Å². The minimum atomic E-state index is -4.59. The van der Waals surface area contributed by atoms with Crippen LogP contribution in [0, 0.1) is 0 Å². The number of hydrogen-bond donors (Lipinski definition) is 1. The summed E-state index contributed by atoms with van der Waals surface area (Å²) in [6.07, 6.45) is -1.12. The van der Waals surface area contributed by atoms with Crippen LogP contribution in [0.2, 0.25) is 0 Å². The summed E-state index contributed by atoms with van der Waals surface area (Å²) in [4.78, 5) is 16.5. The van der Waals surface area contributed by atoms with Crippen molar-refractivity contribution in [1.82, 2.24) is 4.98 Å². The molecular formula is C24H21F3N2O2. The summed E-state index contributed by atoms with van der Waals surface area (Å²) >= 11 is 0. The molecule has 1 heterocycles. The zero-order chi connectivity index (χ0) is 22.0. The summed E-state index contributed by atoms with van der Waals surface area (Å²) in [5, 5.41) is 2.93. The number of anilines is 2. The van der Waals surface area contributed by atoms with E-state index in [1.807, 2.05) is 6.07 Å². The molecule has 31 heavy (non-hydrogen) atoms. The highest BCUT2D eigenvalue weighted by molar-refractivity contribution is 5.97. The Morgan fingerprint density at radius 1 is 1.13 bits per heavy atom. The number of benzene rings is 2. The third kappa shape index (κ3) is 4.71. The molecular weight excluding hydrogens is 405 g/mol. The first kappa shape index (κ1) is 20.9. The van der Waals surface area contributed by atoms with Gasteiger partial charge in [0.05, 0.1) is 41.0 Å². The minimum Gasteiger partial charge on any atom is -0.462 e. The van der Waals surface area contributed by atoms with Gasteiger partial charge in [0.1, 0.15) is 0 Å². The van der Waals surface area contributed by atoms with E-state index in [-0.39, 0.29) is 18.0 Å². The van der Waals surface area contributed by atoms with Gasteiger partial charge in [0.25, 0.3) is 0 Å². The average Bonchev–Trinajstić information content (AvgIpc) is 3.60. The maximum atomic E-state index is 13.8. The lowest BCUT2D eigenvalue weighted by Crippen LogP contribution is -2.11. The molecule has 1 saturated carbocycles. The fourth-order valence-electron chi connectivity index (χ4n) is 3.45. The first-order valence-electron chi connectivity index (χ1n) is 10.1. The second kappa shape index (κ2) is 8.41. The molecule has 0 aliphatic heterocycles. The Bertz CT molecular complexity index is 1090. The van der Waals surface area contributed by atoms with Gasteiger partial charge in [-0.2, -0.15) is 13.2 Å². The topological polar surface area (TPSA) is 51.2 Å². The molecule has 1 aromatic heterocycles. The van der Waals surface area contributed by atoms with Crippen molar-refractivity contribution in [2.45, 2.75) is 31.9 Å². The van der Waals surface area contributed by atoms with Crippen molar-refractivity contribution in [3.63, 3.8) is 0 Å². The maximum Gasteiger partial charge on any atom is 0.418 e. The molecule has 0 radical (unpaired) electrons. The van der Waals surface area contributed by atoms with Gasteiger partial charge in [-0.25, -0.2) is 4.79 Å². The lowest BCUT2D eigenvalue weighted by atomic mass is 10.0. The van der Waals surface area contributed by atoms with Gasteiger partial charge in [0.2, 0.25) is 0 Å². The number of carbonyl (C=O) groups is 1. The smallest absolute Gasteiger partial charge is 0.418 e. The van der Waals surface area contributed by atoms with Crippen molar-refractivity contribution in [2.24, 2.45) is 0 Å². The number of nitrogens with one attached hydrogen (secondary N) is 1. The van der Waals surface area contributed by atoms with E-state index in [2.05, 4.69) is 10.3 Å². The largest absolute Gasteiger partial charge is 0.462 e. The molecule has 0 unspecified atom stereocenters. The van der Waals surface area contributed by atoms with Gasteiger partial charge >= 0.3 is 12.1 Å². The number of carbonyl (C=O) groups excluding carboxylic acids is 1. The molecule has 0 saturated heterocycles. The summed E-state index contributed by atoms with van der Waals surface area (Å²) in [5.41, 5.74) is 1.22. The number of alkyl halides is 3. The number of nitrogens with zero attached hydrogens (tertiary/aromatic N) is 1. The quantitative estimate of drug-likeness (QED) is 0.453. The maximum absolute atomic E-state index is 13.8. The third-order valence-electron chi connectivity index (χ3n) is 5.11. The van der Waals surface area contributed by atoms with E-state index in [9.17, 15) is 18.0 Å². The molecule has 0 bridgehead atoms. The summed E-state index contributed by atoms with van der Waals surface area (Å²) in [6.45, 7) is 1.91. The second-order valence-electron chi connectivity index (χ2n) is 7.41. The number of pyridine rings is 1. The molecule has 3 aromatic rings. The Morgan fingerprint density at radius 2 is 1.87 bits per heavy atom. The van der Waals surface area contributed by atoms with E-state index in [0.29, 0.717) is 22.7 Å². The molecule has 1 aliphatic carbocycles. The Morgan fingerprint density at radius 3 is 2.52 bits per heavy atom. The Kier molecular flexibility index (Phi) is 5.67. The van der Waals surface area contributed by atoms with Crippen LogP contribution in [0.15, 0.2) is 60.8 Å². The summed E-state index contributed by atoms with van der Waals surface area (Å²) < 4.78 is 46.4. The van der Waals surface area contributed by atoms with E-state index in [4.69, 9.17) is 4.74 Å². The van der Waals surface area contributed by atoms with Crippen molar-refractivity contribution in [2.75, 3.05) is 11.9 Å². The minimum absolute atomic E-state index is 0.136. The van der Waals surface area contributed by atoms with Gasteiger partial charge < -0.3 is 10.1 Å². The van der Waals surface area contributed by atoms with Crippen LogP contribution in [0.4, 0.5) is 24.5 Å². The van der Waals surface area contributed by atoms with E-state index < -0.39 is 17.7 Å². The fourth-order valence-corrected chi connectivity index (χ4v) is 3.45. The second-order valence-corrected chi connectivity index (χ2v) is 7.41. The van der Waals surface area contributed by atoms with Crippen molar-refractivity contribution in [1.29, 1.82) is 0 Å². The Hall–Kier alpha value is -3.35. The molecule has 7 heteroatoms. The number of hydrogen-bond acceptors (Lipinski definition) is 4. The van der Waals surface area contributed by atoms with E-state index in [1.54, 1.807) is 49.4 Å². The average molecular weight is 426 g/mol. The Balaban J connectivity index is 1.72. The van der Waals surface area contributed by atoms with Crippen LogP contribution < -0.4 is 5.32 Å². The number of ether oxygens (including phenoxy) is 1. The van der Waals surface area contributed by atoms with Gasteiger partial charge in [-0.05, 0) is 49.4 Å². The first-order chi connectivity index (χ1) is 14.9. The monoisotopic (exact) mass is 426 g/mol. The van der Waals surface area contributed by atoms with Gasteiger partial charge in [0, 0.05) is 5.56 Å². The van der Waals surface area contributed by atoms with Gasteiger partial charge in [-0.1, -0.05) is 36.4 Å². The molecule has 2 aromatic carbocycles. The molecule has 1 aliphatic rings. The van der Waals surface area contributed by atoms with Gasteiger partial charge in [-0.15, -0.1) is 0 Å². The zero-order valence-corrected chi connectivity index (χ0v) is 16.9. The summed E-state index contributed by atoms with van der Waals surface area (Å²) in [7, 11) is 0. The third-order valence-corrected chi connectivity index (χ3v) is 5.11. The molecule has 4 nitrogen and oxygen atoms in total. The van der Waals surface area contributed by atoms with Crippen molar-refractivity contribution < 1.29 is 22.7 Å². The fraction of sp³-hybridized carbons (Fsp3) is 0.250. The lowest BCUT2D eigenvalue weighted by Gasteiger charge is -2.16. The van der Waals surface area contributed by atoms with Crippen LogP contribution in [-0.2, 0) is 10.9 Å². The number of rotatable bonds is 6. The van der Waals surface area contributed by atoms with Gasteiger partial charge in [0.15, 0.2) is 0 Å². The Labute approximate surface area is 178 Å². The van der Waals surface area contributed by atoms with Crippen LogP contribution in [0.3, 0.4) is 0 Å². The van der Waals surface area contributed by atoms with Crippen LogP contribution in [0.5, 0.6) is 0 Å². The predicted molar refractivity (Wildman–Crippen MR) is 112 cm³/mol. The molecule has 4 rings (SSSR count). The number of halogens is 3. The van der Waals surface area contributed by atoms with Gasteiger partial charge in [-0.3, -0.25) is 4.98 Å². The molecule has 0 atom stereocenters. The normalized spacial score (nSPS) is 13.7. The summed E-state index contributed by atoms with van der Waals surface area (Å²) in [5.74, 6) is -0.0942. The predicted octanol–water partition coefficient (Wildman–Crippen LogP) is 6.57. The van der Waals surface area contributed by atoms with Crippen molar-refractivity contribution in [3.05, 3.63) is 77.5 Å². The molecule has 0 spiro atoms. The highest BCUT2D eigenvalue weighted by Gasteiger charge is 2.35. The summed E-state index contributed by atoms with van der Waals surface area (Å²) in [6, 6.07) is 14.6. The molecule has 0 amide bonds. The number of aromatic nitrogens is 1. The number of esters is 1. The SMILES string of the molecule is CCOC(=O)c1cc(C2CC2)ccc1Nc1cnc(-c2ccccc2)c(C(F)(F)F)c1. The molecule has 1 fully saturated rings.